The first kappa shape index (κ1) is 19.9. The molecule has 0 radical (unpaired) electrons. The quantitative estimate of drug-likeness (QED) is 0.404. The van der Waals surface area contributed by atoms with Crippen LogP contribution in [0.5, 0.6) is 5.75 Å². The number of amides is 1. The lowest BCUT2D eigenvalue weighted by atomic mass is 10.1. The number of ether oxygens (including phenoxy) is 2. The molecule has 1 unspecified atom stereocenters. The molecule has 0 saturated heterocycles. The van der Waals surface area contributed by atoms with Gasteiger partial charge in [0, 0.05) is 17.0 Å². The predicted molar refractivity (Wildman–Crippen MR) is 107 cm³/mol. The third-order valence-electron chi connectivity index (χ3n) is 4.39. The molecule has 3 rings (SSSR count). The van der Waals surface area contributed by atoms with Gasteiger partial charge < -0.3 is 14.4 Å². The number of esters is 1. The van der Waals surface area contributed by atoms with Crippen molar-refractivity contribution < 1.29 is 23.9 Å². The first-order chi connectivity index (χ1) is 13.5. The zero-order valence-electron chi connectivity index (χ0n) is 15.7. The number of hydrogen-bond acceptors (Lipinski definition) is 6. The van der Waals surface area contributed by atoms with Gasteiger partial charge in [0.05, 0.1) is 12.1 Å². The van der Waals surface area contributed by atoms with E-state index in [1.165, 1.54) is 4.90 Å². The van der Waals surface area contributed by atoms with Gasteiger partial charge in [-0.2, -0.15) is 0 Å². The van der Waals surface area contributed by atoms with E-state index in [9.17, 15) is 14.4 Å². The van der Waals surface area contributed by atoms with Crippen LogP contribution in [0, 0.1) is 0 Å². The van der Waals surface area contributed by atoms with Gasteiger partial charge in [-0.05, 0) is 37.4 Å². The lowest BCUT2D eigenvalue weighted by Gasteiger charge is -2.32. The van der Waals surface area contributed by atoms with Crippen molar-refractivity contribution in [1.82, 2.24) is 0 Å². The molecule has 7 heteroatoms. The average Bonchev–Trinajstić information content (AvgIpc) is 2.72. The topological polar surface area (TPSA) is 72.9 Å². The molecule has 0 aliphatic carbocycles. The van der Waals surface area contributed by atoms with Gasteiger partial charge in [0.2, 0.25) is 0 Å². The number of rotatable bonds is 7. The van der Waals surface area contributed by atoms with Crippen molar-refractivity contribution in [3.8, 4) is 5.75 Å². The fourth-order valence-corrected chi connectivity index (χ4v) is 3.28. The first-order valence-electron chi connectivity index (χ1n) is 8.89. The first-order valence-corrected chi connectivity index (χ1v) is 10.1. The molecule has 2 aromatic rings. The maximum Gasteiger partial charge on any atom is 0.308 e. The number of fused-ring (bicyclic) bond motifs is 1. The van der Waals surface area contributed by atoms with Crippen molar-refractivity contribution in [2.45, 2.75) is 24.3 Å². The van der Waals surface area contributed by atoms with Gasteiger partial charge in [-0.25, -0.2) is 0 Å². The maximum absolute atomic E-state index is 12.4. The number of Topliss-reactive ketones (excluding diaryl/α,β-unsaturated/α-hetero) is 1. The van der Waals surface area contributed by atoms with Gasteiger partial charge in [-0.3, -0.25) is 14.4 Å². The maximum atomic E-state index is 12.4. The minimum absolute atomic E-state index is 0.00845. The predicted octanol–water partition coefficient (Wildman–Crippen LogP) is 3.34. The number of nitrogens with zero attached hydrogens (tertiary/aromatic N) is 1. The largest absolute Gasteiger partial charge is 0.479 e. The zero-order valence-corrected chi connectivity index (χ0v) is 16.5. The molecule has 0 N–H and O–H groups in total. The summed E-state index contributed by atoms with van der Waals surface area (Å²) in [5.41, 5.74) is 1.13. The van der Waals surface area contributed by atoms with Crippen LogP contribution in [-0.4, -0.2) is 43.2 Å². The van der Waals surface area contributed by atoms with E-state index in [1.54, 1.807) is 49.0 Å². The normalized spacial score (nSPS) is 15.6. The van der Waals surface area contributed by atoms with E-state index in [0.717, 1.165) is 4.90 Å². The van der Waals surface area contributed by atoms with Crippen LogP contribution < -0.4 is 9.64 Å². The molecule has 0 fully saturated rings. The summed E-state index contributed by atoms with van der Waals surface area (Å²) in [6, 6.07) is 14.3. The molecular formula is C21H21NO5S. The summed E-state index contributed by atoms with van der Waals surface area (Å²) in [5.74, 6) is -0.399. The molecule has 1 amide bonds. The van der Waals surface area contributed by atoms with Crippen molar-refractivity contribution in [3.63, 3.8) is 0 Å². The highest BCUT2D eigenvalue weighted by Crippen LogP contribution is 2.33. The summed E-state index contributed by atoms with van der Waals surface area (Å²) in [5, 5.41) is 0. The summed E-state index contributed by atoms with van der Waals surface area (Å²) < 4.78 is 10.7. The van der Waals surface area contributed by atoms with Gasteiger partial charge in [0.15, 0.2) is 18.5 Å². The minimum Gasteiger partial charge on any atom is -0.479 e. The molecule has 2 aromatic carbocycles. The number of anilines is 1. The Balaban J connectivity index is 1.54. The summed E-state index contributed by atoms with van der Waals surface area (Å²) in [6.07, 6.45) is 1.33. The Hall–Kier alpha value is -2.80. The molecule has 1 atom stereocenters. The van der Waals surface area contributed by atoms with Crippen LogP contribution in [-0.2, 0) is 14.3 Å². The van der Waals surface area contributed by atoms with Crippen LogP contribution in [0.2, 0.25) is 0 Å². The van der Waals surface area contributed by atoms with Gasteiger partial charge in [-0.1, -0.05) is 24.3 Å². The Morgan fingerprint density at radius 1 is 1.14 bits per heavy atom. The number of benzene rings is 2. The second-order valence-corrected chi connectivity index (χ2v) is 7.16. The average molecular weight is 399 g/mol. The number of carbonyl (C=O) groups is 3. The summed E-state index contributed by atoms with van der Waals surface area (Å²) >= 11 is 1.59. The molecule has 0 saturated carbocycles. The molecule has 1 heterocycles. The lowest BCUT2D eigenvalue weighted by Crippen LogP contribution is -2.45. The molecule has 1 aliphatic heterocycles. The van der Waals surface area contributed by atoms with E-state index in [2.05, 4.69) is 0 Å². The molecular weight excluding hydrogens is 378 g/mol. The van der Waals surface area contributed by atoms with Crippen LogP contribution in [0.25, 0.3) is 0 Å². The third kappa shape index (κ3) is 4.54. The fourth-order valence-electron chi connectivity index (χ4n) is 2.87. The number of para-hydroxylation sites is 2. The number of hydrogen-bond donors (Lipinski definition) is 0. The van der Waals surface area contributed by atoms with Crippen molar-refractivity contribution in [1.29, 1.82) is 0 Å². The van der Waals surface area contributed by atoms with Gasteiger partial charge in [-0.15, -0.1) is 11.8 Å². The Kier molecular flexibility index (Phi) is 6.36. The van der Waals surface area contributed by atoms with Crippen molar-refractivity contribution in [2.75, 3.05) is 24.3 Å². The number of ketones is 1. The van der Waals surface area contributed by atoms with Crippen LogP contribution in [0.15, 0.2) is 53.4 Å². The van der Waals surface area contributed by atoms with Crippen LogP contribution in [0.4, 0.5) is 5.69 Å². The highest BCUT2D eigenvalue weighted by atomic mass is 32.2. The molecule has 146 valence electrons. The molecule has 6 nitrogen and oxygen atoms in total. The number of thioether (sulfide) groups is 1. The summed E-state index contributed by atoms with van der Waals surface area (Å²) in [4.78, 5) is 39.2. The van der Waals surface area contributed by atoms with E-state index in [4.69, 9.17) is 9.47 Å². The lowest BCUT2D eigenvalue weighted by molar-refractivity contribution is -0.142. The monoisotopic (exact) mass is 399 g/mol. The van der Waals surface area contributed by atoms with Crippen molar-refractivity contribution in [3.05, 3.63) is 54.1 Å². The highest BCUT2D eigenvalue weighted by Gasteiger charge is 2.31. The number of carbonyl (C=O) groups excluding carboxylic acids is 3. The van der Waals surface area contributed by atoms with Crippen LogP contribution in [0.1, 0.15) is 23.7 Å². The minimum atomic E-state index is -0.614. The van der Waals surface area contributed by atoms with Crippen molar-refractivity contribution >= 4 is 35.1 Å². The molecule has 0 bridgehead atoms. The van der Waals surface area contributed by atoms with E-state index in [-0.39, 0.29) is 31.3 Å². The standard InChI is InChI=1S/C21H21NO5S/c1-14-21(25)22(17-5-3-4-6-19(17)27-14)12-11-20(24)26-13-18(23)15-7-9-16(28-2)10-8-15/h3-10,14H,11-13H2,1-2H3. The third-order valence-corrected chi connectivity index (χ3v) is 5.13. The summed E-state index contributed by atoms with van der Waals surface area (Å²) in [6.45, 7) is 1.52. The van der Waals surface area contributed by atoms with Crippen LogP contribution in [0.3, 0.4) is 0 Å². The fraction of sp³-hybridized carbons (Fsp3) is 0.286. The highest BCUT2D eigenvalue weighted by molar-refractivity contribution is 7.98. The molecule has 28 heavy (non-hydrogen) atoms. The Morgan fingerprint density at radius 2 is 1.86 bits per heavy atom. The van der Waals surface area contributed by atoms with Gasteiger partial charge in [0.1, 0.15) is 5.75 Å². The Bertz CT molecular complexity index is 881. The molecule has 0 spiro atoms. The van der Waals surface area contributed by atoms with E-state index in [0.29, 0.717) is 17.0 Å². The molecule has 0 aromatic heterocycles. The summed E-state index contributed by atoms with van der Waals surface area (Å²) in [7, 11) is 0. The van der Waals surface area contributed by atoms with Gasteiger partial charge in [0.25, 0.3) is 5.91 Å². The molecule has 1 aliphatic rings. The van der Waals surface area contributed by atoms with Gasteiger partial charge >= 0.3 is 5.97 Å². The van der Waals surface area contributed by atoms with E-state index in [1.807, 2.05) is 24.5 Å². The SMILES string of the molecule is CSc1ccc(C(=O)COC(=O)CCN2C(=O)C(C)Oc3ccccc32)cc1. The Morgan fingerprint density at radius 3 is 2.57 bits per heavy atom. The Labute approximate surface area is 167 Å². The van der Waals surface area contributed by atoms with Crippen LogP contribution >= 0.6 is 11.8 Å². The second kappa shape index (κ2) is 8.93. The zero-order chi connectivity index (χ0) is 20.1. The smallest absolute Gasteiger partial charge is 0.308 e. The van der Waals surface area contributed by atoms with E-state index < -0.39 is 12.1 Å². The van der Waals surface area contributed by atoms with E-state index >= 15 is 0 Å². The second-order valence-electron chi connectivity index (χ2n) is 6.28. The van der Waals surface area contributed by atoms with Crippen molar-refractivity contribution in [2.24, 2.45) is 0 Å².